The van der Waals surface area contributed by atoms with Crippen molar-refractivity contribution in [3.05, 3.63) is 52.3 Å². The molecule has 0 aromatic heterocycles. The van der Waals surface area contributed by atoms with Gasteiger partial charge in [-0.1, -0.05) is 28.1 Å². The first-order valence-corrected chi connectivity index (χ1v) is 8.87. The second-order valence-electron chi connectivity index (χ2n) is 5.81. The number of halogens is 2. The van der Waals surface area contributed by atoms with E-state index in [1.807, 2.05) is 30.1 Å². The summed E-state index contributed by atoms with van der Waals surface area (Å²) in [7, 11) is 5.10. The van der Waals surface area contributed by atoms with Crippen molar-refractivity contribution < 1.29 is 18.7 Å². The first-order chi connectivity index (χ1) is 12.4. The van der Waals surface area contributed by atoms with E-state index in [9.17, 15) is 9.18 Å². The number of nitrogens with zero attached hydrogens (tertiary/aromatic N) is 1. The van der Waals surface area contributed by atoms with Crippen LogP contribution in [0.25, 0.3) is 0 Å². The van der Waals surface area contributed by atoms with Crippen LogP contribution in [0, 0.1) is 5.82 Å². The van der Waals surface area contributed by atoms with Gasteiger partial charge in [0.05, 0.1) is 19.9 Å². The Morgan fingerprint density at radius 1 is 1.23 bits per heavy atom. The smallest absolute Gasteiger partial charge is 0.225 e. The average molecular weight is 425 g/mol. The molecular weight excluding hydrogens is 403 g/mol. The molecule has 2 aromatic rings. The number of methoxy groups -OCH3 is 2. The number of hydrogen-bond donors (Lipinski definition) is 1. The Kier molecular flexibility index (Phi) is 7.41. The Labute approximate surface area is 161 Å². The molecule has 0 atom stereocenters. The summed E-state index contributed by atoms with van der Waals surface area (Å²) >= 11 is 3.19. The fourth-order valence-corrected chi connectivity index (χ4v) is 2.88. The first kappa shape index (κ1) is 20.2. The second kappa shape index (κ2) is 9.54. The Hall–Kier alpha value is -2.12. The highest BCUT2D eigenvalue weighted by atomic mass is 79.9. The quantitative estimate of drug-likeness (QED) is 0.693. The summed E-state index contributed by atoms with van der Waals surface area (Å²) in [5.41, 5.74) is 1.14. The normalized spacial score (nSPS) is 10.7. The van der Waals surface area contributed by atoms with Crippen LogP contribution in [0.1, 0.15) is 12.0 Å². The van der Waals surface area contributed by atoms with Gasteiger partial charge in [0.1, 0.15) is 5.82 Å². The monoisotopic (exact) mass is 424 g/mol. The molecule has 2 aromatic carbocycles. The lowest BCUT2D eigenvalue weighted by molar-refractivity contribution is -0.116. The summed E-state index contributed by atoms with van der Waals surface area (Å²) < 4.78 is 25.1. The molecule has 140 valence electrons. The molecule has 2 rings (SSSR count). The van der Waals surface area contributed by atoms with Crippen LogP contribution in [0.15, 0.2) is 40.9 Å². The van der Waals surface area contributed by atoms with E-state index >= 15 is 0 Å². The number of amides is 1. The van der Waals surface area contributed by atoms with Gasteiger partial charge >= 0.3 is 0 Å². The van der Waals surface area contributed by atoms with Gasteiger partial charge in [-0.05, 0) is 31.3 Å². The lowest BCUT2D eigenvalue weighted by Gasteiger charge is -2.19. The van der Waals surface area contributed by atoms with Crippen LogP contribution in [-0.2, 0) is 11.3 Å². The number of carbonyl (C=O) groups is 1. The molecule has 0 spiro atoms. The van der Waals surface area contributed by atoms with Gasteiger partial charge < -0.3 is 19.7 Å². The van der Waals surface area contributed by atoms with E-state index in [-0.39, 0.29) is 18.0 Å². The van der Waals surface area contributed by atoms with Crippen LogP contribution in [0.4, 0.5) is 10.1 Å². The van der Waals surface area contributed by atoms with Crippen molar-refractivity contribution in [1.82, 2.24) is 4.90 Å². The van der Waals surface area contributed by atoms with Gasteiger partial charge in [0.15, 0.2) is 11.5 Å². The van der Waals surface area contributed by atoms with E-state index in [0.717, 1.165) is 5.56 Å². The Balaban J connectivity index is 1.90. The molecular formula is C19H22BrFN2O3. The number of anilines is 1. The van der Waals surface area contributed by atoms with Crippen molar-refractivity contribution in [2.24, 2.45) is 0 Å². The van der Waals surface area contributed by atoms with Gasteiger partial charge in [-0.2, -0.15) is 0 Å². The molecule has 7 heteroatoms. The number of benzene rings is 2. The summed E-state index contributed by atoms with van der Waals surface area (Å²) in [6.07, 6.45) is 0.248. The van der Waals surface area contributed by atoms with E-state index in [2.05, 4.69) is 21.2 Å². The van der Waals surface area contributed by atoms with Crippen LogP contribution in [0.3, 0.4) is 0 Å². The van der Waals surface area contributed by atoms with E-state index < -0.39 is 5.82 Å². The summed E-state index contributed by atoms with van der Waals surface area (Å²) in [5.74, 6) is 0.642. The SMILES string of the molecule is COc1cccc(CN(C)CCC(=O)Nc2ccc(Br)cc2F)c1OC. The molecule has 0 saturated carbocycles. The van der Waals surface area contributed by atoms with Gasteiger partial charge in [-0.15, -0.1) is 0 Å². The number of nitrogens with one attached hydrogen (secondary N) is 1. The molecule has 0 fully saturated rings. The minimum Gasteiger partial charge on any atom is -0.493 e. The number of ether oxygens (including phenoxy) is 2. The zero-order chi connectivity index (χ0) is 19.1. The predicted octanol–water partition coefficient (Wildman–Crippen LogP) is 4.07. The van der Waals surface area contributed by atoms with Crippen LogP contribution in [0.5, 0.6) is 11.5 Å². The molecule has 0 aliphatic heterocycles. The maximum absolute atomic E-state index is 13.8. The van der Waals surface area contributed by atoms with Gasteiger partial charge in [-0.25, -0.2) is 4.39 Å². The van der Waals surface area contributed by atoms with Crippen molar-refractivity contribution in [3.63, 3.8) is 0 Å². The van der Waals surface area contributed by atoms with Gasteiger partial charge in [0.2, 0.25) is 5.91 Å². The van der Waals surface area contributed by atoms with Crippen molar-refractivity contribution in [1.29, 1.82) is 0 Å². The zero-order valence-electron chi connectivity index (χ0n) is 15.0. The van der Waals surface area contributed by atoms with Crippen molar-refractivity contribution in [3.8, 4) is 11.5 Å². The molecule has 0 aliphatic rings. The largest absolute Gasteiger partial charge is 0.493 e. The standard InChI is InChI=1S/C19H22BrFN2O3/c1-23(12-13-5-4-6-17(25-2)19(13)26-3)10-9-18(24)22-16-8-7-14(20)11-15(16)21/h4-8,11H,9-10,12H2,1-3H3,(H,22,24). The molecule has 0 radical (unpaired) electrons. The molecule has 5 nitrogen and oxygen atoms in total. The minimum absolute atomic E-state index is 0.176. The number of hydrogen-bond acceptors (Lipinski definition) is 4. The highest BCUT2D eigenvalue weighted by Gasteiger charge is 2.13. The fourth-order valence-electron chi connectivity index (χ4n) is 2.54. The number of rotatable bonds is 8. The molecule has 0 aliphatic carbocycles. The number of carbonyl (C=O) groups excluding carboxylic acids is 1. The van der Waals surface area contributed by atoms with Crippen molar-refractivity contribution >= 4 is 27.5 Å². The summed E-state index contributed by atoms with van der Waals surface area (Å²) in [5, 5.41) is 2.59. The summed E-state index contributed by atoms with van der Waals surface area (Å²) in [4.78, 5) is 14.1. The van der Waals surface area contributed by atoms with Crippen molar-refractivity contribution in [2.45, 2.75) is 13.0 Å². The molecule has 26 heavy (non-hydrogen) atoms. The van der Waals surface area contributed by atoms with E-state index in [1.54, 1.807) is 20.3 Å². The molecule has 0 heterocycles. The third kappa shape index (κ3) is 5.44. The van der Waals surface area contributed by atoms with Crippen LogP contribution in [-0.4, -0.2) is 38.6 Å². The zero-order valence-corrected chi connectivity index (χ0v) is 16.6. The summed E-state index contributed by atoms with van der Waals surface area (Å²) in [6, 6.07) is 10.2. The maximum Gasteiger partial charge on any atom is 0.225 e. The minimum atomic E-state index is -0.470. The molecule has 1 N–H and O–H groups in total. The van der Waals surface area contributed by atoms with Crippen molar-refractivity contribution in [2.75, 3.05) is 33.1 Å². The van der Waals surface area contributed by atoms with E-state index in [1.165, 1.54) is 12.1 Å². The third-order valence-electron chi connectivity index (χ3n) is 3.85. The third-order valence-corrected chi connectivity index (χ3v) is 4.34. The molecule has 0 unspecified atom stereocenters. The second-order valence-corrected chi connectivity index (χ2v) is 6.73. The fraction of sp³-hybridized carbons (Fsp3) is 0.316. The first-order valence-electron chi connectivity index (χ1n) is 8.08. The van der Waals surface area contributed by atoms with Crippen LogP contribution < -0.4 is 14.8 Å². The van der Waals surface area contributed by atoms with Gasteiger partial charge in [0.25, 0.3) is 0 Å². The average Bonchev–Trinajstić information content (AvgIpc) is 2.62. The molecule has 1 amide bonds. The van der Waals surface area contributed by atoms with Crippen LogP contribution >= 0.6 is 15.9 Å². The van der Waals surface area contributed by atoms with E-state index in [4.69, 9.17) is 9.47 Å². The molecule has 0 saturated heterocycles. The lowest BCUT2D eigenvalue weighted by atomic mass is 10.1. The highest BCUT2D eigenvalue weighted by Crippen LogP contribution is 2.31. The van der Waals surface area contributed by atoms with E-state index in [0.29, 0.717) is 29.1 Å². The summed E-state index contributed by atoms with van der Waals surface area (Å²) in [6.45, 7) is 1.12. The predicted molar refractivity (Wildman–Crippen MR) is 103 cm³/mol. The Morgan fingerprint density at radius 3 is 2.65 bits per heavy atom. The maximum atomic E-state index is 13.8. The highest BCUT2D eigenvalue weighted by molar-refractivity contribution is 9.10. The van der Waals surface area contributed by atoms with Gasteiger partial charge in [-0.3, -0.25) is 4.79 Å². The Bertz CT molecular complexity index is 770. The lowest BCUT2D eigenvalue weighted by Crippen LogP contribution is -2.24. The molecule has 0 bridgehead atoms. The van der Waals surface area contributed by atoms with Gasteiger partial charge in [0, 0.05) is 29.5 Å². The topological polar surface area (TPSA) is 50.8 Å². The van der Waals surface area contributed by atoms with Crippen LogP contribution in [0.2, 0.25) is 0 Å². The Morgan fingerprint density at radius 2 is 2.00 bits per heavy atom. The number of para-hydroxylation sites is 1.